The maximum absolute atomic E-state index is 12.0. The summed E-state index contributed by atoms with van der Waals surface area (Å²) in [6.45, 7) is 4.86. The first-order valence-corrected chi connectivity index (χ1v) is 8.10. The molecule has 0 saturated heterocycles. The van der Waals surface area contributed by atoms with Gasteiger partial charge in [0, 0.05) is 19.1 Å². The molecule has 0 atom stereocenters. The summed E-state index contributed by atoms with van der Waals surface area (Å²) in [6.07, 6.45) is 8.16. The Kier molecular flexibility index (Phi) is 5.71. The van der Waals surface area contributed by atoms with Gasteiger partial charge in [-0.2, -0.15) is 0 Å². The number of amides is 2. The average molecular weight is 306 g/mol. The standard InChI is InChI=1S/C16H26N4O2/c1-3-16(4-2,7-8-21)11-19-15(22)20-13-9-17-14(18-10-13)12-5-6-12/h9-10,12,21H,3-8,11H2,1-2H3,(H2,19,20,22). The highest BCUT2D eigenvalue weighted by Gasteiger charge is 2.27. The third-order valence-corrected chi connectivity index (χ3v) is 4.64. The number of aromatic nitrogens is 2. The van der Waals surface area contributed by atoms with Gasteiger partial charge in [-0.25, -0.2) is 14.8 Å². The normalized spacial score (nSPS) is 14.7. The zero-order valence-electron chi connectivity index (χ0n) is 13.4. The average Bonchev–Trinajstić information content (AvgIpc) is 3.37. The molecule has 1 aliphatic rings. The van der Waals surface area contributed by atoms with Crippen LogP contribution in [0.5, 0.6) is 0 Å². The molecule has 0 unspecified atom stereocenters. The van der Waals surface area contributed by atoms with E-state index < -0.39 is 0 Å². The Bertz CT molecular complexity index is 481. The molecule has 1 aromatic heterocycles. The fraction of sp³-hybridized carbons (Fsp3) is 0.688. The van der Waals surface area contributed by atoms with Gasteiger partial charge in [0.2, 0.25) is 0 Å². The van der Waals surface area contributed by atoms with Gasteiger partial charge >= 0.3 is 6.03 Å². The highest BCUT2D eigenvalue weighted by molar-refractivity contribution is 5.88. The van der Waals surface area contributed by atoms with Crippen LogP contribution in [0.4, 0.5) is 10.5 Å². The molecule has 3 N–H and O–H groups in total. The number of nitrogens with zero attached hydrogens (tertiary/aromatic N) is 2. The Hall–Kier alpha value is -1.69. The molecule has 1 saturated carbocycles. The van der Waals surface area contributed by atoms with Gasteiger partial charge in [-0.05, 0) is 37.5 Å². The summed E-state index contributed by atoms with van der Waals surface area (Å²) in [5.41, 5.74) is 0.556. The Balaban J connectivity index is 1.83. The highest BCUT2D eigenvalue weighted by Crippen LogP contribution is 2.37. The van der Waals surface area contributed by atoms with Crippen molar-refractivity contribution in [1.82, 2.24) is 15.3 Å². The molecule has 22 heavy (non-hydrogen) atoms. The summed E-state index contributed by atoms with van der Waals surface area (Å²) in [7, 11) is 0. The van der Waals surface area contributed by atoms with Crippen LogP contribution in [0.2, 0.25) is 0 Å². The van der Waals surface area contributed by atoms with E-state index in [-0.39, 0.29) is 18.1 Å². The van der Waals surface area contributed by atoms with Crippen molar-refractivity contribution >= 4 is 11.7 Å². The second-order valence-corrected chi connectivity index (χ2v) is 6.09. The molecule has 0 radical (unpaired) electrons. The van der Waals surface area contributed by atoms with Crippen molar-refractivity contribution in [2.24, 2.45) is 5.41 Å². The summed E-state index contributed by atoms with van der Waals surface area (Å²) in [6, 6.07) is -0.257. The van der Waals surface area contributed by atoms with E-state index in [0.29, 0.717) is 24.6 Å². The number of aliphatic hydroxyl groups excluding tert-OH is 1. The van der Waals surface area contributed by atoms with E-state index in [0.717, 1.165) is 31.5 Å². The summed E-state index contributed by atoms with van der Waals surface area (Å²) >= 11 is 0. The topological polar surface area (TPSA) is 87.1 Å². The van der Waals surface area contributed by atoms with Crippen molar-refractivity contribution in [2.75, 3.05) is 18.5 Å². The van der Waals surface area contributed by atoms with Crippen LogP contribution in [-0.4, -0.2) is 34.3 Å². The maximum atomic E-state index is 12.0. The van der Waals surface area contributed by atoms with Gasteiger partial charge in [-0.3, -0.25) is 0 Å². The lowest BCUT2D eigenvalue weighted by Crippen LogP contribution is -2.39. The first kappa shape index (κ1) is 16.7. The SMILES string of the molecule is CCC(CC)(CCO)CNC(=O)Nc1cnc(C2CC2)nc1. The van der Waals surface area contributed by atoms with E-state index in [4.69, 9.17) is 0 Å². The monoisotopic (exact) mass is 306 g/mol. The fourth-order valence-electron chi connectivity index (χ4n) is 2.58. The van der Waals surface area contributed by atoms with Crippen molar-refractivity contribution in [3.63, 3.8) is 0 Å². The van der Waals surface area contributed by atoms with Crippen LogP contribution in [0.3, 0.4) is 0 Å². The van der Waals surface area contributed by atoms with Gasteiger partial charge in [0.25, 0.3) is 0 Å². The van der Waals surface area contributed by atoms with Crippen LogP contribution in [0.25, 0.3) is 0 Å². The van der Waals surface area contributed by atoms with Crippen LogP contribution in [-0.2, 0) is 0 Å². The van der Waals surface area contributed by atoms with Crippen LogP contribution in [0.15, 0.2) is 12.4 Å². The number of urea groups is 1. The second kappa shape index (κ2) is 7.54. The molecule has 122 valence electrons. The minimum Gasteiger partial charge on any atom is -0.396 e. The quantitative estimate of drug-likeness (QED) is 0.689. The molecule has 1 aliphatic carbocycles. The number of carbonyl (C=O) groups excluding carboxylic acids is 1. The molecule has 0 bridgehead atoms. The summed E-state index contributed by atoms with van der Waals surface area (Å²) in [5.74, 6) is 1.38. The first-order valence-electron chi connectivity index (χ1n) is 8.10. The number of rotatable bonds is 8. The van der Waals surface area contributed by atoms with Gasteiger partial charge in [0.05, 0.1) is 18.1 Å². The molecule has 2 rings (SSSR count). The van der Waals surface area contributed by atoms with Crippen molar-refractivity contribution in [3.8, 4) is 0 Å². The van der Waals surface area contributed by atoms with Crippen LogP contribution < -0.4 is 10.6 Å². The molecule has 0 aromatic carbocycles. The molecule has 1 heterocycles. The predicted molar refractivity (Wildman–Crippen MR) is 85.7 cm³/mol. The first-order chi connectivity index (χ1) is 10.6. The second-order valence-electron chi connectivity index (χ2n) is 6.09. The van der Waals surface area contributed by atoms with Crippen molar-refractivity contribution < 1.29 is 9.90 Å². The van der Waals surface area contributed by atoms with E-state index in [1.54, 1.807) is 12.4 Å². The van der Waals surface area contributed by atoms with Crippen LogP contribution in [0, 0.1) is 5.41 Å². The van der Waals surface area contributed by atoms with Gasteiger partial charge in [0.15, 0.2) is 0 Å². The van der Waals surface area contributed by atoms with E-state index >= 15 is 0 Å². The van der Waals surface area contributed by atoms with Gasteiger partial charge in [-0.15, -0.1) is 0 Å². The lowest BCUT2D eigenvalue weighted by Gasteiger charge is -2.31. The fourth-order valence-corrected chi connectivity index (χ4v) is 2.58. The summed E-state index contributed by atoms with van der Waals surface area (Å²) in [5, 5.41) is 14.8. The number of carbonyl (C=O) groups is 1. The van der Waals surface area contributed by atoms with E-state index in [1.165, 1.54) is 0 Å². The van der Waals surface area contributed by atoms with Crippen LogP contribution >= 0.6 is 0 Å². The zero-order chi connectivity index (χ0) is 16.0. The Morgan fingerprint density at radius 1 is 1.32 bits per heavy atom. The summed E-state index contributed by atoms with van der Waals surface area (Å²) in [4.78, 5) is 20.5. The zero-order valence-corrected chi connectivity index (χ0v) is 13.4. The lowest BCUT2D eigenvalue weighted by atomic mass is 9.79. The molecule has 6 nitrogen and oxygen atoms in total. The molecule has 2 amide bonds. The molecular formula is C16H26N4O2. The molecule has 0 spiro atoms. The summed E-state index contributed by atoms with van der Waals surface area (Å²) < 4.78 is 0. The smallest absolute Gasteiger partial charge is 0.319 e. The largest absolute Gasteiger partial charge is 0.396 e. The molecular weight excluding hydrogens is 280 g/mol. The highest BCUT2D eigenvalue weighted by atomic mass is 16.3. The minimum absolute atomic E-state index is 0.0432. The van der Waals surface area contributed by atoms with Crippen molar-refractivity contribution in [1.29, 1.82) is 0 Å². The third-order valence-electron chi connectivity index (χ3n) is 4.64. The van der Waals surface area contributed by atoms with Crippen LogP contribution in [0.1, 0.15) is 57.7 Å². The lowest BCUT2D eigenvalue weighted by molar-refractivity contribution is 0.165. The molecule has 6 heteroatoms. The number of hydrogen-bond donors (Lipinski definition) is 3. The number of hydrogen-bond acceptors (Lipinski definition) is 4. The number of anilines is 1. The van der Waals surface area contributed by atoms with Gasteiger partial charge in [-0.1, -0.05) is 13.8 Å². The molecule has 0 aliphatic heterocycles. The number of nitrogens with one attached hydrogen (secondary N) is 2. The maximum Gasteiger partial charge on any atom is 0.319 e. The van der Waals surface area contributed by atoms with E-state index in [9.17, 15) is 9.90 Å². The Labute approximate surface area is 131 Å². The van der Waals surface area contributed by atoms with Crippen molar-refractivity contribution in [2.45, 2.75) is 51.9 Å². The van der Waals surface area contributed by atoms with Gasteiger partial charge in [0.1, 0.15) is 5.82 Å². The Morgan fingerprint density at radius 2 is 1.95 bits per heavy atom. The minimum atomic E-state index is -0.257. The molecule has 1 fully saturated rings. The van der Waals surface area contributed by atoms with E-state index in [1.807, 2.05) is 0 Å². The van der Waals surface area contributed by atoms with E-state index in [2.05, 4.69) is 34.4 Å². The predicted octanol–water partition coefficient (Wildman–Crippen LogP) is 2.66. The third kappa shape index (κ3) is 4.40. The van der Waals surface area contributed by atoms with Crippen molar-refractivity contribution in [3.05, 3.63) is 18.2 Å². The Morgan fingerprint density at radius 3 is 2.45 bits per heavy atom. The molecule has 1 aromatic rings. The number of aliphatic hydroxyl groups is 1. The van der Waals surface area contributed by atoms with Gasteiger partial charge < -0.3 is 15.7 Å².